The van der Waals surface area contributed by atoms with Gasteiger partial charge in [0.15, 0.2) is 0 Å². The first-order valence-electron chi connectivity index (χ1n) is 8.20. The second-order valence-corrected chi connectivity index (χ2v) is 5.91. The number of amides is 1. The standard InChI is InChI=1S/C17H28N2O/c20-17(19-16-11-13-18-14-12-16)10-6-2-5-9-15-7-3-1-4-8-15/h3,7-8,16,18H,1-2,4-6,9-14H2,(H,19,20). The molecule has 0 spiro atoms. The number of rotatable bonds is 7. The molecule has 2 aliphatic rings. The van der Waals surface area contributed by atoms with E-state index in [9.17, 15) is 4.79 Å². The largest absolute Gasteiger partial charge is 0.353 e. The Morgan fingerprint density at radius 1 is 1.20 bits per heavy atom. The Balaban J connectivity index is 1.48. The maximum Gasteiger partial charge on any atom is 0.220 e. The summed E-state index contributed by atoms with van der Waals surface area (Å²) in [7, 11) is 0. The van der Waals surface area contributed by atoms with Gasteiger partial charge in [-0.25, -0.2) is 0 Å². The molecule has 0 bridgehead atoms. The minimum atomic E-state index is 0.244. The van der Waals surface area contributed by atoms with Crippen LogP contribution in [0.4, 0.5) is 0 Å². The van der Waals surface area contributed by atoms with Crippen molar-refractivity contribution in [2.24, 2.45) is 0 Å². The molecule has 0 unspecified atom stereocenters. The molecule has 1 aliphatic carbocycles. The topological polar surface area (TPSA) is 41.1 Å². The van der Waals surface area contributed by atoms with Crippen molar-refractivity contribution in [2.75, 3.05) is 13.1 Å². The Kier molecular flexibility index (Phi) is 6.85. The molecule has 0 saturated carbocycles. The average Bonchev–Trinajstić information content (AvgIpc) is 2.49. The number of allylic oxidation sites excluding steroid dienone is 4. The predicted octanol–water partition coefficient (Wildman–Crippen LogP) is 3.08. The van der Waals surface area contributed by atoms with E-state index in [-0.39, 0.29) is 5.91 Å². The third-order valence-corrected chi connectivity index (χ3v) is 4.15. The van der Waals surface area contributed by atoms with Gasteiger partial charge in [0.25, 0.3) is 0 Å². The zero-order valence-electron chi connectivity index (χ0n) is 12.5. The molecular formula is C17H28N2O. The maximum atomic E-state index is 11.8. The van der Waals surface area contributed by atoms with E-state index in [2.05, 4.69) is 28.9 Å². The van der Waals surface area contributed by atoms with E-state index in [0.29, 0.717) is 12.5 Å². The zero-order valence-corrected chi connectivity index (χ0v) is 12.5. The van der Waals surface area contributed by atoms with E-state index in [1.807, 2.05) is 0 Å². The van der Waals surface area contributed by atoms with E-state index in [4.69, 9.17) is 0 Å². The molecule has 0 radical (unpaired) electrons. The van der Waals surface area contributed by atoms with Crippen molar-refractivity contribution in [2.45, 2.75) is 63.8 Å². The predicted molar refractivity (Wildman–Crippen MR) is 83.6 cm³/mol. The Bertz CT molecular complexity index is 354. The van der Waals surface area contributed by atoms with Crippen molar-refractivity contribution in [1.82, 2.24) is 10.6 Å². The first-order valence-corrected chi connectivity index (χ1v) is 8.20. The number of hydrogen-bond donors (Lipinski definition) is 2. The number of piperidine rings is 1. The molecule has 0 atom stereocenters. The minimum absolute atomic E-state index is 0.244. The van der Waals surface area contributed by atoms with Crippen LogP contribution in [-0.2, 0) is 4.79 Å². The lowest BCUT2D eigenvalue weighted by atomic mass is 10.0. The van der Waals surface area contributed by atoms with Crippen LogP contribution in [0.3, 0.4) is 0 Å². The monoisotopic (exact) mass is 276 g/mol. The van der Waals surface area contributed by atoms with Crippen LogP contribution in [0.2, 0.25) is 0 Å². The Morgan fingerprint density at radius 3 is 2.80 bits per heavy atom. The summed E-state index contributed by atoms with van der Waals surface area (Å²) in [5.74, 6) is 0.244. The summed E-state index contributed by atoms with van der Waals surface area (Å²) in [6.07, 6.45) is 16.7. The van der Waals surface area contributed by atoms with E-state index in [0.717, 1.165) is 38.8 Å². The number of carbonyl (C=O) groups is 1. The Labute approximate surface area is 122 Å². The van der Waals surface area contributed by atoms with Gasteiger partial charge < -0.3 is 10.6 Å². The highest BCUT2D eigenvalue weighted by Crippen LogP contribution is 2.16. The number of nitrogens with one attached hydrogen (secondary N) is 2. The quantitative estimate of drug-likeness (QED) is 0.702. The second kappa shape index (κ2) is 8.96. The normalized spacial score (nSPS) is 19.7. The number of carbonyl (C=O) groups excluding carboxylic acids is 1. The van der Waals surface area contributed by atoms with Gasteiger partial charge in [0.1, 0.15) is 0 Å². The lowest BCUT2D eigenvalue weighted by Crippen LogP contribution is -2.42. The third kappa shape index (κ3) is 5.91. The summed E-state index contributed by atoms with van der Waals surface area (Å²) in [6.45, 7) is 2.07. The van der Waals surface area contributed by atoms with Crippen LogP contribution >= 0.6 is 0 Å². The summed E-state index contributed by atoms with van der Waals surface area (Å²) in [4.78, 5) is 11.8. The lowest BCUT2D eigenvalue weighted by Gasteiger charge is -2.23. The van der Waals surface area contributed by atoms with Crippen molar-refractivity contribution in [1.29, 1.82) is 0 Å². The summed E-state index contributed by atoms with van der Waals surface area (Å²) < 4.78 is 0. The molecule has 1 amide bonds. The number of unbranched alkanes of at least 4 members (excludes halogenated alkanes) is 2. The van der Waals surface area contributed by atoms with Gasteiger partial charge in [-0.05, 0) is 58.0 Å². The molecule has 3 heteroatoms. The molecule has 1 heterocycles. The van der Waals surface area contributed by atoms with Gasteiger partial charge in [0, 0.05) is 12.5 Å². The fourth-order valence-electron chi connectivity index (χ4n) is 2.91. The van der Waals surface area contributed by atoms with Gasteiger partial charge in [-0.15, -0.1) is 0 Å². The van der Waals surface area contributed by atoms with E-state index < -0.39 is 0 Å². The van der Waals surface area contributed by atoms with E-state index in [1.54, 1.807) is 0 Å². The molecule has 20 heavy (non-hydrogen) atoms. The van der Waals surface area contributed by atoms with Crippen molar-refractivity contribution >= 4 is 5.91 Å². The first kappa shape index (κ1) is 15.3. The summed E-state index contributed by atoms with van der Waals surface area (Å²) >= 11 is 0. The van der Waals surface area contributed by atoms with Gasteiger partial charge >= 0.3 is 0 Å². The molecule has 0 aromatic carbocycles. The van der Waals surface area contributed by atoms with E-state index >= 15 is 0 Å². The van der Waals surface area contributed by atoms with Crippen LogP contribution in [0.1, 0.15) is 57.8 Å². The molecule has 0 aromatic rings. The minimum Gasteiger partial charge on any atom is -0.353 e. The fraction of sp³-hybridized carbons (Fsp3) is 0.706. The van der Waals surface area contributed by atoms with Crippen LogP contribution < -0.4 is 10.6 Å². The summed E-state index contributed by atoms with van der Waals surface area (Å²) in [6, 6.07) is 0.404. The molecule has 112 valence electrons. The maximum absolute atomic E-state index is 11.8. The molecule has 2 rings (SSSR count). The molecule has 1 fully saturated rings. The highest BCUT2D eigenvalue weighted by Gasteiger charge is 2.14. The van der Waals surface area contributed by atoms with Crippen LogP contribution in [0, 0.1) is 0 Å². The smallest absolute Gasteiger partial charge is 0.220 e. The SMILES string of the molecule is O=C(CCCCCC1=CCCC=C1)NC1CCNCC1. The molecule has 2 N–H and O–H groups in total. The van der Waals surface area contributed by atoms with Gasteiger partial charge in [-0.3, -0.25) is 4.79 Å². The van der Waals surface area contributed by atoms with Gasteiger partial charge in [-0.2, -0.15) is 0 Å². The highest BCUT2D eigenvalue weighted by molar-refractivity contribution is 5.76. The van der Waals surface area contributed by atoms with Crippen molar-refractivity contribution in [3.63, 3.8) is 0 Å². The van der Waals surface area contributed by atoms with Crippen LogP contribution in [0.5, 0.6) is 0 Å². The van der Waals surface area contributed by atoms with Gasteiger partial charge in [0.05, 0.1) is 0 Å². The first-order chi connectivity index (χ1) is 9.84. The lowest BCUT2D eigenvalue weighted by molar-refractivity contribution is -0.122. The highest BCUT2D eigenvalue weighted by atomic mass is 16.1. The second-order valence-electron chi connectivity index (χ2n) is 5.91. The zero-order chi connectivity index (χ0) is 14.0. The van der Waals surface area contributed by atoms with E-state index in [1.165, 1.54) is 31.3 Å². The van der Waals surface area contributed by atoms with Crippen molar-refractivity contribution in [3.8, 4) is 0 Å². The third-order valence-electron chi connectivity index (χ3n) is 4.15. The van der Waals surface area contributed by atoms with Crippen LogP contribution in [-0.4, -0.2) is 25.0 Å². The molecule has 1 aliphatic heterocycles. The molecular weight excluding hydrogens is 248 g/mol. The van der Waals surface area contributed by atoms with Crippen molar-refractivity contribution < 1.29 is 4.79 Å². The van der Waals surface area contributed by atoms with Crippen LogP contribution in [0.25, 0.3) is 0 Å². The van der Waals surface area contributed by atoms with Crippen LogP contribution in [0.15, 0.2) is 23.8 Å². The summed E-state index contributed by atoms with van der Waals surface area (Å²) in [5.41, 5.74) is 1.48. The Morgan fingerprint density at radius 2 is 2.05 bits per heavy atom. The molecule has 0 aromatic heterocycles. The Hall–Kier alpha value is -1.09. The number of hydrogen-bond acceptors (Lipinski definition) is 2. The van der Waals surface area contributed by atoms with Gasteiger partial charge in [0.2, 0.25) is 5.91 Å². The average molecular weight is 276 g/mol. The van der Waals surface area contributed by atoms with Crippen molar-refractivity contribution in [3.05, 3.63) is 23.8 Å². The molecule has 1 saturated heterocycles. The van der Waals surface area contributed by atoms with Gasteiger partial charge in [-0.1, -0.05) is 30.2 Å². The fourth-order valence-corrected chi connectivity index (χ4v) is 2.91. The summed E-state index contributed by atoms with van der Waals surface area (Å²) in [5, 5.41) is 6.47. The molecule has 3 nitrogen and oxygen atoms in total.